The molecule has 0 heterocycles. The van der Waals surface area contributed by atoms with Crippen LogP contribution >= 0.6 is 23.2 Å². The highest BCUT2D eigenvalue weighted by molar-refractivity contribution is 6.40. The van der Waals surface area contributed by atoms with E-state index < -0.39 is 18.6 Å². The van der Waals surface area contributed by atoms with Crippen LogP contribution in [0.15, 0.2) is 18.2 Å². The number of hydrogen-bond donors (Lipinski definition) is 5. The van der Waals surface area contributed by atoms with Gasteiger partial charge >= 0.3 is 13.1 Å². The zero-order chi connectivity index (χ0) is 20.7. The van der Waals surface area contributed by atoms with E-state index in [1.54, 1.807) is 6.07 Å². The lowest BCUT2D eigenvalue weighted by Gasteiger charge is -2.45. The van der Waals surface area contributed by atoms with Gasteiger partial charge in [0.1, 0.15) is 5.54 Å². The second-order valence-corrected chi connectivity index (χ2v) is 8.57. The van der Waals surface area contributed by atoms with E-state index in [1.807, 2.05) is 12.1 Å². The van der Waals surface area contributed by atoms with Gasteiger partial charge in [-0.15, -0.1) is 0 Å². The lowest BCUT2D eigenvalue weighted by atomic mass is 9.66. The van der Waals surface area contributed by atoms with E-state index in [0.29, 0.717) is 29.3 Å². The molecule has 156 valence electrons. The number of hydrogen-bond acceptors (Lipinski definition) is 5. The number of nitrogens with two attached hydrogens (primary N) is 1. The highest BCUT2D eigenvalue weighted by Crippen LogP contribution is 2.38. The van der Waals surface area contributed by atoms with Gasteiger partial charge in [-0.1, -0.05) is 42.1 Å². The standard InChI is InChI=1S/C19H29BCl2N2O4/c21-15-6-5-13(17(22)12-15)4-3-9-24-16-10-14(11-16)19(23,18(25)26)7-1-2-8-20(27)28/h5-6,12,14,16,24,27-28H,1-4,7-11,23H2,(H,25,26)/t14?,16?,19-/m0/s1. The molecule has 2 rings (SSSR count). The fraction of sp³-hybridized carbons (Fsp3) is 0.632. The highest BCUT2D eigenvalue weighted by atomic mass is 35.5. The van der Waals surface area contributed by atoms with Crippen LogP contribution in [0.2, 0.25) is 16.4 Å². The van der Waals surface area contributed by atoms with Crippen LogP contribution in [0, 0.1) is 5.92 Å². The van der Waals surface area contributed by atoms with Crippen LogP contribution in [0.5, 0.6) is 0 Å². The first-order chi connectivity index (χ1) is 13.2. The molecule has 0 radical (unpaired) electrons. The van der Waals surface area contributed by atoms with Crippen LogP contribution in [0.4, 0.5) is 0 Å². The van der Waals surface area contributed by atoms with E-state index in [-0.39, 0.29) is 18.3 Å². The van der Waals surface area contributed by atoms with Gasteiger partial charge < -0.3 is 26.2 Å². The maximum atomic E-state index is 11.7. The Kier molecular flexibility index (Phi) is 9.05. The molecule has 1 aliphatic carbocycles. The van der Waals surface area contributed by atoms with Gasteiger partial charge in [0.05, 0.1) is 0 Å². The number of carboxylic acid groups (broad SMARTS) is 1. The Hall–Kier alpha value is -0.825. The lowest BCUT2D eigenvalue weighted by molar-refractivity contribution is -0.148. The molecule has 0 aromatic heterocycles. The van der Waals surface area contributed by atoms with Crippen molar-refractivity contribution in [2.24, 2.45) is 11.7 Å². The minimum atomic E-state index is -1.35. The molecular formula is C19H29BCl2N2O4. The maximum Gasteiger partial charge on any atom is 0.451 e. The summed E-state index contributed by atoms with van der Waals surface area (Å²) < 4.78 is 0. The lowest BCUT2D eigenvalue weighted by Crippen LogP contribution is -2.61. The third-order valence-corrected chi connectivity index (χ3v) is 6.23. The van der Waals surface area contributed by atoms with Crippen molar-refractivity contribution < 1.29 is 19.9 Å². The second kappa shape index (κ2) is 10.8. The van der Waals surface area contributed by atoms with Gasteiger partial charge in [-0.2, -0.15) is 0 Å². The van der Waals surface area contributed by atoms with Gasteiger partial charge in [-0.05, 0) is 68.6 Å². The zero-order valence-electron chi connectivity index (χ0n) is 15.9. The summed E-state index contributed by atoms with van der Waals surface area (Å²) in [5.74, 6) is -1.04. The van der Waals surface area contributed by atoms with Gasteiger partial charge in [-0.3, -0.25) is 4.79 Å². The Balaban J connectivity index is 1.68. The predicted octanol–water partition coefficient (Wildman–Crippen LogP) is 2.72. The number of carbonyl (C=O) groups is 1. The van der Waals surface area contributed by atoms with E-state index >= 15 is 0 Å². The molecule has 1 atom stereocenters. The molecule has 0 bridgehead atoms. The van der Waals surface area contributed by atoms with E-state index in [2.05, 4.69) is 5.32 Å². The Morgan fingerprint density at radius 1 is 1.25 bits per heavy atom. The summed E-state index contributed by atoms with van der Waals surface area (Å²) >= 11 is 12.1. The summed E-state index contributed by atoms with van der Waals surface area (Å²) in [5, 5.41) is 32.1. The molecule has 0 amide bonds. The molecule has 0 saturated heterocycles. The minimum absolute atomic E-state index is 0.0627. The fourth-order valence-electron chi connectivity index (χ4n) is 3.74. The highest BCUT2D eigenvalue weighted by Gasteiger charge is 2.47. The summed E-state index contributed by atoms with van der Waals surface area (Å²) in [6, 6.07) is 5.80. The van der Waals surface area contributed by atoms with Gasteiger partial charge in [-0.25, -0.2) is 0 Å². The monoisotopic (exact) mass is 430 g/mol. The molecule has 0 spiro atoms. The smallest absolute Gasteiger partial charge is 0.451 e. The molecule has 0 unspecified atom stereocenters. The number of rotatable bonds is 12. The molecule has 1 aliphatic rings. The van der Waals surface area contributed by atoms with Crippen LogP contribution in [-0.4, -0.2) is 46.4 Å². The van der Waals surface area contributed by atoms with Gasteiger partial charge in [0.25, 0.3) is 0 Å². The topological polar surface area (TPSA) is 116 Å². The molecule has 9 heteroatoms. The number of carboxylic acids is 1. The predicted molar refractivity (Wildman–Crippen MR) is 113 cm³/mol. The van der Waals surface area contributed by atoms with Gasteiger partial charge in [0.15, 0.2) is 0 Å². The van der Waals surface area contributed by atoms with Gasteiger partial charge in [0.2, 0.25) is 0 Å². The van der Waals surface area contributed by atoms with E-state index in [1.165, 1.54) is 0 Å². The molecule has 6 nitrogen and oxygen atoms in total. The SMILES string of the molecule is N[C@](CCCCB(O)O)(C(=O)O)C1CC(NCCCc2ccc(Cl)cc2Cl)C1. The first-order valence-corrected chi connectivity index (χ1v) is 10.5. The van der Waals surface area contributed by atoms with Crippen molar-refractivity contribution in [1.82, 2.24) is 5.32 Å². The first-order valence-electron chi connectivity index (χ1n) is 9.78. The quantitative estimate of drug-likeness (QED) is 0.257. The molecule has 28 heavy (non-hydrogen) atoms. The van der Waals surface area contributed by atoms with Crippen molar-refractivity contribution in [3.05, 3.63) is 33.8 Å². The van der Waals surface area contributed by atoms with E-state index in [4.69, 9.17) is 39.0 Å². The number of nitrogens with one attached hydrogen (secondary N) is 1. The third-order valence-electron chi connectivity index (χ3n) is 5.64. The van der Waals surface area contributed by atoms with Crippen LogP contribution < -0.4 is 11.1 Å². The molecule has 1 aromatic carbocycles. The largest absolute Gasteiger partial charge is 0.480 e. The average molecular weight is 431 g/mol. The number of halogens is 2. The third kappa shape index (κ3) is 6.61. The molecular weight excluding hydrogens is 402 g/mol. The summed E-state index contributed by atoms with van der Waals surface area (Å²) in [5.41, 5.74) is 6.04. The van der Waals surface area contributed by atoms with Crippen LogP contribution in [0.25, 0.3) is 0 Å². The summed E-state index contributed by atoms with van der Waals surface area (Å²) in [7, 11) is -1.35. The molecule has 1 aromatic rings. The summed E-state index contributed by atoms with van der Waals surface area (Å²) in [6.45, 7) is 0.829. The number of aryl methyl sites for hydroxylation is 1. The molecule has 1 fully saturated rings. The van der Waals surface area contributed by atoms with Crippen LogP contribution in [0.1, 0.15) is 44.1 Å². The summed E-state index contributed by atoms with van der Waals surface area (Å²) in [6.07, 6.45) is 4.97. The Labute approximate surface area is 176 Å². The van der Waals surface area contributed by atoms with Crippen molar-refractivity contribution in [2.45, 2.75) is 62.8 Å². The van der Waals surface area contributed by atoms with E-state index in [9.17, 15) is 9.90 Å². The Morgan fingerprint density at radius 3 is 2.57 bits per heavy atom. The van der Waals surface area contributed by atoms with Crippen molar-refractivity contribution in [2.75, 3.05) is 6.54 Å². The second-order valence-electron chi connectivity index (χ2n) is 7.73. The Morgan fingerprint density at radius 2 is 1.96 bits per heavy atom. The van der Waals surface area contributed by atoms with E-state index in [0.717, 1.165) is 37.8 Å². The van der Waals surface area contributed by atoms with Crippen molar-refractivity contribution in [1.29, 1.82) is 0 Å². The van der Waals surface area contributed by atoms with Crippen molar-refractivity contribution >= 4 is 36.3 Å². The number of benzene rings is 1. The fourth-order valence-corrected chi connectivity index (χ4v) is 4.25. The van der Waals surface area contributed by atoms with Crippen molar-refractivity contribution in [3.63, 3.8) is 0 Å². The molecule has 6 N–H and O–H groups in total. The van der Waals surface area contributed by atoms with Gasteiger partial charge in [0, 0.05) is 16.1 Å². The average Bonchev–Trinajstić information content (AvgIpc) is 2.58. The zero-order valence-corrected chi connectivity index (χ0v) is 17.4. The Bertz CT molecular complexity index is 659. The van der Waals surface area contributed by atoms with Crippen LogP contribution in [-0.2, 0) is 11.2 Å². The summed E-state index contributed by atoms with van der Waals surface area (Å²) in [4.78, 5) is 11.7. The normalized spacial score (nSPS) is 21.0. The molecule has 0 aliphatic heterocycles. The minimum Gasteiger partial charge on any atom is -0.480 e. The molecule has 1 saturated carbocycles. The number of aliphatic carboxylic acids is 1. The number of unbranched alkanes of at least 4 members (excludes halogenated alkanes) is 1. The van der Waals surface area contributed by atoms with Crippen LogP contribution in [0.3, 0.4) is 0 Å². The first kappa shape index (κ1) is 23.5. The van der Waals surface area contributed by atoms with Crippen molar-refractivity contribution in [3.8, 4) is 0 Å². The maximum absolute atomic E-state index is 11.7.